The summed E-state index contributed by atoms with van der Waals surface area (Å²) >= 11 is 1.28. The fourth-order valence-corrected chi connectivity index (χ4v) is 2.50. The van der Waals surface area contributed by atoms with Gasteiger partial charge in [-0.3, -0.25) is 19.5 Å². The van der Waals surface area contributed by atoms with Crippen molar-refractivity contribution in [2.24, 2.45) is 0 Å². The molecule has 0 fully saturated rings. The quantitative estimate of drug-likeness (QED) is 0.786. The molecule has 7 nitrogen and oxygen atoms in total. The van der Waals surface area contributed by atoms with Crippen molar-refractivity contribution in [2.75, 3.05) is 5.32 Å². The average Bonchev–Trinajstić information content (AvgIpc) is 3.10. The minimum atomic E-state index is -4.67. The number of aromatic nitrogens is 3. The number of hydrogen-bond donors (Lipinski definition) is 1. The van der Waals surface area contributed by atoms with Gasteiger partial charge in [0.1, 0.15) is 17.6 Å². The van der Waals surface area contributed by atoms with E-state index in [0.29, 0.717) is 16.5 Å². The van der Waals surface area contributed by atoms with Gasteiger partial charge in [0.05, 0.1) is 11.7 Å². The van der Waals surface area contributed by atoms with Gasteiger partial charge in [0.2, 0.25) is 5.91 Å². The van der Waals surface area contributed by atoms with Gasteiger partial charge in [-0.25, -0.2) is 4.98 Å². The normalized spacial score (nSPS) is 11.8. The lowest BCUT2D eigenvalue weighted by molar-refractivity contribution is -0.141. The Morgan fingerprint density at radius 1 is 1.43 bits per heavy atom. The van der Waals surface area contributed by atoms with Gasteiger partial charge >= 0.3 is 12.2 Å². The van der Waals surface area contributed by atoms with Crippen molar-refractivity contribution in [1.29, 1.82) is 0 Å². The maximum absolute atomic E-state index is 12.4. The third kappa shape index (κ3) is 3.08. The molecule has 1 amide bonds. The number of halogens is 3. The SMILES string of the molecule is O=C(Cn1cnc2sccc2c1=O)Nc1nc(C(F)(F)F)co1. The van der Waals surface area contributed by atoms with Crippen LogP contribution in [0.25, 0.3) is 10.2 Å². The van der Waals surface area contributed by atoms with Crippen LogP contribution in [0.15, 0.2) is 33.2 Å². The van der Waals surface area contributed by atoms with Gasteiger partial charge in [0.15, 0.2) is 5.69 Å². The van der Waals surface area contributed by atoms with Crippen molar-refractivity contribution in [3.8, 4) is 0 Å². The highest BCUT2D eigenvalue weighted by Gasteiger charge is 2.35. The molecule has 23 heavy (non-hydrogen) atoms. The second kappa shape index (κ2) is 5.50. The van der Waals surface area contributed by atoms with Crippen molar-refractivity contribution in [3.05, 3.63) is 40.1 Å². The first-order chi connectivity index (χ1) is 10.8. The Balaban J connectivity index is 1.75. The molecule has 3 heterocycles. The van der Waals surface area contributed by atoms with Crippen molar-refractivity contribution in [3.63, 3.8) is 0 Å². The number of rotatable bonds is 3. The Bertz CT molecular complexity index is 927. The summed E-state index contributed by atoms with van der Waals surface area (Å²) in [6.07, 6.45) is -3.09. The molecule has 0 radical (unpaired) electrons. The highest BCUT2D eigenvalue weighted by atomic mass is 32.1. The molecule has 0 saturated carbocycles. The first-order valence-corrected chi connectivity index (χ1v) is 6.98. The summed E-state index contributed by atoms with van der Waals surface area (Å²) in [6.45, 7) is -0.429. The largest absolute Gasteiger partial charge is 0.436 e. The van der Waals surface area contributed by atoms with Crippen LogP contribution >= 0.6 is 11.3 Å². The number of anilines is 1. The van der Waals surface area contributed by atoms with E-state index in [-0.39, 0.29) is 0 Å². The third-order valence-electron chi connectivity index (χ3n) is 2.81. The second-order valence-corrected chi connectivity index (χ2v) is 5.30. The average molecular weight is 344 g/mol. The molecule has 3 rings (SSSR count). The van der Waals surface area contributed by atoms with Crippen molar-refractivity contribution < 1.29 is 22.4 Å². The van der Waals surface area contributed by atoms with Crippen LogP contribution in [-0.4, -0.2) is 20.4 Å². The Hall–Kier alpha value is -2.69. The number of carbonyl (C=O) groups is 1. The highest BCUT2D eigenvalue weighted by molar-refractivity contribution is 7.16. The molecule has 0 atom stereocenters. The Labute approximate surface area is 129 Å². The van der Waals surface area contributed by atoms with Gasteiger partial charge in [-0.2, -0.15) is 18.2 Å². The van der Waals surface area contributed by atoms with E-state index in [1.54, 1.807) is 11.4 Å². The minimum Gasteiger partial charge on any atom is -0.431 e. The van der Waals surface area contributed by atoms with E-state index in [9.17, 15) is 22.8 Å². The van der Waals surface area contributed by atoms with E-state index in [1.165, 1.54) is 17.7 Å². The van der Waals surface area contributed by atoms with E-state index in [4.69, 9.17) is 0 Å². The number of nitrogens with one attached hydrogen (secondary N) is 1. The molecule has 1 N–H and O–H groups in total. The number of fused-ring (bicyclic) bond motifs is 1. The summed E-state index contributed by atoms with van der Waals surface area (Å²) in [6, 6.07) is 0.980. The molecule has 0 unspecified atom stereocenters. The first-order valence-electron chi connectivity index (χ1n) is 6.10. The molecule has 11 heteroatoms. The van der Waals surface area contributed by atoms with Gasteiger partial charge in [0.25, 0.3) is 5.56 Å². The van der Waals surface area contributed by atoms with E-state index in [0.717, 1.165) is 4.57 Å². The van der Waals surface area contributed by atoms with Crippen molar-refractivity contribution in [2.45, 2.75) is 12.7 Å². The molecule has 0 aliphatic rings. The van der Waals surface area contributed by atoms with E-state index in [1.807, 2.05) is 0 Å². The number of alkyl halides is 3. The molecule has 0 bridgehead atoms. The fourth-order valence-electron chi connectivity index (χ4n) is 1.78. The first kappa shape index (κ1) is 15.2. The summed E-state index contributed by atoms with van der Waals surface area (Å²) in [5.41, 5.74) is -1.68. The Morgan fingerprint density at radius 3 is 2.91 bits per heavy atom. The van der Waals surface area contributed by atoms with Crippen LogP contribution in [-0.2, 0) is 17.5 Å². The van der Waals surface area contributed by atoms with Crippen LogP contribution in [0.1, 0.15) is 5.69 Å². The van der Waals surface area contributed by atoms with Gasteiger partial charge in [-0.05, 0) is 11.4 Å². The summed E-state index contributed by atoms with van der Waals surface area (Å²) in [7, 11) is 0. The third-order valence-corrected chi connectivity index (χ3v) is 3.63. The van der Waals surface area contributed by atoms with Crippen LogP contribution in [0.4, 0.5) is 19.2 Å². The second-order valence-electron chi connectivity index (χ2n) is 4.40. The number of thiophene rings is 1. The minimum absolute atomic E-state index is 0.362. The summed E-state index contributed by atoms with van der Waals surface area (Å²) < 4.78 is 42.7. The standard InChI is InChI=1S/C12H7F3N4O3S/c13-12(14,15)7-4-22-11(17-7)18-8(20)3-19-5-16-9-6(10(19)21)1-2-23-9/h1-2,4-5H,3H2,(H,17,18,20). The maximum atomic E-state index is 12.4. The Morgan fingerprint density at radius 2 is 2.22 bits per heavy atom. The lowest BCUT2D eigenvalue weighted by Crippen LogP contribution is -2.27. The van der Waals surface area contributed by atoms with Crippen LogP contribution in [0.2, 0.25) is 0 Å². The molecular weight excluding hydrogens is 337 g/mol. The smallest absolute Gasteiger partial charge is 0.431 e. The molecule has 0 spiro atoms. The highest BCUT2D eigenvalue weighted by Crippen LogP contribution is 2.29. The lowest BCUT2D eigenvalue weighted by atomic mass is 10.4. The number of oxazole rings is 1. The molecule has 3 aromatic rings. The van der Waals surface area contributed by atoms with Gasteiger partial charge < -0.3 is 4.42 Å². The molecule has 0 aliphatic carbocycles. The predicted molar refractivity (Wildman–Crippen MR) is 74.0 cm³/mol. The van der Waals surface area contributed by atoms with Crippen molar-refractivity contribution >= 4 is 33.5 Å². The monoisotopic (exact) mass is 344 g/mol. The lowest BCUT2D eigenvalue weighted by Gasteiger charge is -2.04. The number of carbonyl (C=O) groups excluding carboxylic acids is 1. The van der Waals surface area contributed by atoms with Gasteiger partial charge in [-0.15, -0.1) is 11.3 Å². The fraction of sp³-hybridized carbons (Fsp3) is 0.167. The zero-order chi connectivity index (χ0) is 16.6. The zero-order valence-corrected chi connectivity index (χ0v) is 11.9. The van der Waals surface area contributed by atoms with E-state index < -0.39 is 35.9 Å². The number of hydrogen-bond acceptors (Lipinski definition) is 6. The summed E-state index contributed by atoms with van der Waals surface area (Å²) in [5, 5.41) is 4.10. The molecule has 0 saturated heterocycles. The van der Waals surface area contributed by atoms with E-state index >= 15 is 0 Å². The maximum Gasteiger partial charge on any atom is 0.436 e. The van der Waals surface area contributed by atoms with Crippen LogP contribution in [0, 0.1) is 0 Å². The zero-order valence-electron chi connectivity index (χ0n) is 11.1. The van der Waals surface area contributed by atoms with Crippen molar-refractivity contribution in [1.82, 2.24) is 14.5 Å². The molecule has 3 aromatic heterocycles. The van der Waals surface area contributed by atoms with Crippen LogP contribution in [0.5, 0.6) is 0 Å². The number of nitrogens with zero attached hydrogens (tertiary/aromatic N) is 3. The Kier molecular flexibility index (Phi) is 3.64. The predicted octanol–water partition coefficient (Wildman–Crippen LogP) is 2.10. The van der Waals surface area contributed by atoms with E-state index in [2.05, 4.69) is 19.7 Å². The number of amides is 1. The summed E-state index contributed by atoms with van der Waals surface area (Å²) in [5.74, 6) is -0.765. The van der Waals surface area contributed by atoms with Gasteiger partial charge in [0, 0.05) is 0 Å². The van der Waals surface area contributed by atoms with Crippen LogP contribution in [0.3, 0.4) is 0 Å². The molecule has 0 aliphatic heterocycles. The molecule has 120 valence electrons. The summed E-state index contributed by atoms with van der Waals surface area (Å²) in [4.78, 5) is 31.5. The van der Waals surface area contributed by atoms with Gasteiger partial charge in [-0.1, -0.05) is 0 Å². The topological polar surface area (TPSA) is 90.0 Å². The molecular formula is C12H7F3N4O3S. The van der Waals surface area contributed by atoms with Crippen LogP contribution < -0.4 is 10.9 Å². The molecule has 0 aromatic carbocycles.